The Hall–Kier alpha value is -2.52. The topological polar surface area (TPSA) is 75.0 Å². The van der Waals surface area contributed by atoms with E-state index in [-0.39, 0.29) is 11.2 Å². The van der Waals surface area contributed by atoms with Gasteiger partial charge >= 0.3 is 0 Å². The number of aryl methyl sites for hydroxylation is 2. The van der Waals surface area contributed by atoms with Crippen molar-refractivity contribution in [3.05, 3.63) is 47.2 Å². The highest BCUT2D eigenvalue weighted by Crippen LogP contribution is 2.31. The summed E-state index contributed by atoms with van der Waals surface area (Å²) in [6.45, 7) is 4.26. The second-order valence-electron chi connectivity index (χ2n) is 6.44. The Kier molecular flexibility index (Phi) is 6.36. The van der Waals surface area contributed by atoms with Gasteiger partial charge in [0.15, 0.2) is 0 Å². The van der Waals surface area contributed by atoms with Gasteiger partial charge in [-0.1, -0.05) is 23.9 Å². The number of thioether (sulfide) groups is 1. The van der Waals surface area contributed by atoms with Gasteiger partial charge in [-0.05, 0) is 63.3 Å². The molecule has 1 aromatic carbocycles. The Bertz CT molecular complexity index is 876. The lowest BCUT2D eigenvalue weighted by molar-refractivity contribution is -0.115. The van der Waals surface area contributed by atoms with Crippen LogP contribution in [-0.2, 0) is 17.6 Å². The van der Waals surface area contributed by atoms with Crippen molar-refractivity contribution in [1.29, 1.82) is 5.26 Å². The molecule has 1 aliphatic rings. The Balaban J connectivity index is 1.74. The normalized spacial score (nSPS) is 14.0. The molecular formula is C21H23N3O2S. The molecule has 1 heterocycles. The summed E-state index contributed by atoms with van der Waals surface area (Å²) in [5.41, 5.74) is 3.44. The first kappa shape index (κ1) is 19.2. The van der Waals surface area contributed by atoms with Crippen LogP contribution in [0.2, 0.25) is 0 Å². The van der Waals surface area contributed by atoms with Crippen LogP contribution < -0.4 is 10.1 Å². The SMILES string of the molecule is CCOc1ccccc1NC(=O)C(C)Sc1nc2c(cc1C#N)CCCC2. The molecule has 0 aliphatic heterocycles. The summed E-state index contributed by atoms with van der Waals surface area (Å²) < 4.78 is 5.56. The number of carbonyl (C=O) groups is 1. The number of aromatic nitrogens is 1. The lowest BCUT2D eigenvalue weighted by Gasteiger charge is -2.18. The predicted molar refractivity (Wildman–Crippen MR) is 107 cm³/mol. The first-order valence-electron chi connectivity index (χ1n) is 9.24. The molecule has 1 N–H and O–H groups in total. The summed E-state index contributed by atoms with van der Waals surface area (Å²) in [5, 5.41) is 12.7. The third-order valence-electron chi connectivity index (χ3n) is 4.49. The molecule has 0 spiro atoms. The number of nitriles is 1. The lowest BCUT2D eigenvalue weighted by Crippen LogP contribution is -2.23. The number of ether oxygens (including phenoxy) is 1. The van der Waals surface area contributed by atoms with Crippen molar-refractivity contribution in [3.8, 4) is 11.8 Å². The number of amides is 1. The van der Waals surface area contributed by atoms with Crippen LogP contribution in [0.3, 0.4) is 0 Å². The highest BCUT2D eigenvalue weighted by atomic mass is 32.2. The summed E-state index contributed by atoms with van der Waals surface area (Å²) in [5.74, 6) is 0.505. The number of nitrogens with zero attached hydrogens (tertiary/aromatic N) is 2. The van der Waals surface area contributed by atoms with Crippen LogP contribution in [0.5, 0.6) is 5.75 Å². The van der Waals surface area contributed by atoms with Crippen molar-refractivity contribution in [2.45, 2.75) is 49.8 Å². The molecule has 0 fully saturated rings. The average molecular weight is 382 g/mol. The number of pyridine rings is 1. The molecule has 5 nitrogen and oxygen atoms in total. The van der Waals surface area contributed by atoms with Gasteiger partial charge in [0.05, 0.1) is 23.1 Å². The minimum Gasteiger partial charge on any atom is -0.492 e. The molecule has 0 radical (unpaired) electrons. The highest BCUT2D eigenvalue weighted by molar-refractivity contribution is 8.00. The maximum Gasteiger partial charge on any atom is 0.237 e. The maximum absolute atomic E-state index is 12.7. The van der Waals surface area contributed by atoms with Crippen LogP contribution in [0.25, 0.3) is 0 Å². The number of rotatable bonds is 6. The van der Waals surface area contributed by atoms with Gasteiger partial charge in [-0.2, -0.15) is 5.26 Å². The molecule has 1 aromatic heterocycles. The number of carbonyl (C=O) groups excluding carboxylic acids is 1. The first-order valence-corrected chi connectivity index (χ1v) is 10.1. The van der Waals surface area contributed by atoms with Crippen molar-refractivity contribution in [1.82, 2.24) is 4.98 Å². The number of benzene rings is 1. The molecule has 6 heteroatoms. The molecule has 1 unspecified atom stereocenters. The van der Waals surface area contributed by atoms with Crippen LogP contribution in [0.1, 0.15) is 43.5 Å². The smallest absolute Gasteiger partial charge is 0.237 e. The standard InChI is InChI=1S/C21H23N3O2S/c1-3-26-19-11-7-6-10-18(19)23-20(25)14(2)27-21-16(13-22)12-15-8-4-5-9-17(15)24-21/h6-7,10-12,14H,3-5,8-9H2,1-2H3,(H,23,25). The molecule has 140 valence electrons. The van der Waals surface area contributed by atoms with Crippen molar-refractivity contribution >= 4 is 23.4 Å². The van der Waals surface area contributed by atoms with E-state index in [9.17, 15) is 10.1 Å². The third-order valence-corrected chi connectivity index (χ3v) is 5.59. The van der Waals surface area contributed by atoms with Crippen LogP contribution in [0.4, 0.5) is 5.69 Å². The van der Waals surface area contributed by atoms with Gasteiger partial charge in [0.2, 0.25) is 5.91 Å². The van der Waals surface area contributed by atoms with Crippen LogP contribution >= 0.6 is 11.8 Å². The van der Waals surface area contributed by atoms with E-state index in [1.165, 1.54) is 17.3 Å². The van der Waals surface area contributed by atoms with E-state index in [0.29, 0.717) is 28.6 Å². The van der Waals surface area contributed by atoms with E-state index >= 15 is 0 Å². The Morgan fingerprint density at radius 3 is 2.93 bits per heavy atom. The Labute approximate surface area is 164 Å². The fourth-order valence-corrected chi connectivity index (χ4v) is 3.99. The summed E-state index contributed by atoms with van der Waals surface area (Å²) in [6, 6.07) is 11.5. The van der Waals surface area contributed by atoms with E-state index < -0.39 is 0 Å². The van der Waals surface area contributed by atoms with Gasteiger partial charge in [-0.15, -0.1) is 0 Å². The Morgan fingerprint density at radius 2 is 2.15 bits per heavy atom. The van der Waals surface area contributed by atoms with Crippen molar-refractivity contribution < 1.29 is 9.53 Å². The van der Waals surface area contributed by atoms with Gasteiger partial charge in [0, 0.05) is 5.69 Å². The molecule has 1 amide bonds. The maximum atomic E-state index is 12.7. The third kappa shape index (κ3) is 4.61. The first-order chi connectivity index (χ1) is 13.1. The quantitative estimate of drug-likeness (QED) is 0.753. The number of nitrogens with one attached hydrogen (secondary N) is 1. The zero-order valence-corrected chi connectivity index (χ0v) is 16.4. The summed E-state index contributed by atoms with van der Waals surface area (Å²) in [6.07, 6.45) is 4.19. The van der Waals surface area contributed by atoms with Crippen molar-refractivity contribution in [2.24, 2.45) is 0 Å². The second-order valence-corrected chi connectivity index (χ2v) is 7.77. The fourth-order valence-electron chi connectivity index (χ4n) is 3.09. The average Bonchev–Trinajstić information content (AvgIpc) is 2.69. The zero-order valence-electron chi connectivity index (χ0n) is 15.6. The van der Waals surface area contributed by atoms with Gasteiger partial charge in [-0.25, -0.2) is 4.98 Å². The van der Waals surface area contributed by atoms with E-state index in [0.717, 1.165) is 31.4 Å². The van der Waals surface area contributed by atoms with Crippen molar-refractivity contribution in [2.75, 3.05) is 11.9 Å². The molecule has 2 aromatic rings. The zero-order chi connectivity index (χ0) is 19.2. The molecule has 1 aliphatic carbocycles. The molecule has 3 rings (SSSR count). The largest absolute Gasteiger partial charge is 0.492 e. The van der Waals surface area contributed by atoms with E-state index in [2.05, 4.69) is 11.4 Å². The number of hydrogen-bond acceptors (Lipinski definition) is 5. The summed E-state index contributed by atoms with van der Waals surface area (Å²) >= 11 is 1.33. The summed E-state index contributed by atoms with van der Waals surface area (Å²) in [4.78, 5) is 17.4. The predicted octanol–water partition coefficient (Wildman–Crippen LogP) is 4.35. The van der Waals surface area contributed by atoms with Crippen LogP contribution in [-0.4, -0.2) is 22.7 Å². The van der Waals surface area contributed by atoms with Crippen LogP contribution in [0, 0.1) is 11.3 Å². The second kappa shape index (κ2) is 8.92. The van der Waals surface area contributed by atoms with Crippen LogP contribution in [0.15, 0.2) is 35.4 Å². The molecule has 27 heavy (non-hydrogen) atoms. The number of anilines is 1. The van der Waals surface area contributed by atoms with Gasteiger partial charge < -0.3 is 10.1 Å². The molecular weight excluding hydrogens is 358 g/mol. The van der Waals surface area contributed by atoms with E-state index in [1.807, 2.05) is 44.2 Å². The monoisotopic (exact) mass is 381 g/mol. The molecule has 1 atom stereocenters. The number of hydrogen-bond donors (Lipinski definition) is 1. The van der Waals surface area contributed by atoms with Gasteiger partial charge in [0.25, 0.3) is 0 Å². The number of fused-ring (bicyclic) bond motifs is 1. The van der Waals surface area contributed by atoms with Crippen molar-refractivity contribution in [3.63, 3.8) is 0 Å². The molecule has 0 saturated heterocycles. The van der Waals surface area contributed by atoms with E-state index in [4.69, 9.17) is 9.72 Å². The van der Waals surface area contributed by atoms with Gasteiger partial charge in [-0.3, -0.25) is 4.79 Å². The molecule has 0 saturated carbocycles. The fraction of sp³-hybridized carbons (Fsp3) is 0.381. The minimum absolute atomic E-state index is 0.143. The lowest BCUT2D eigenvalue weighted by atomic mass is 9.95. The Morgan fingerprint density at radius 1 is 1.37 bits per heavy atom. The van der Waals surface area contributed by atoms with E-state index in [1.54, 1.807) is 0 Å². The van der Waals surface area contributed by atoms with Gasteiger partial charge in [0.1, 0.15) is 16.8 Å². The number of para-hydroxylation sites is 2. The molecule has 0 bridgehead atoms. The highest BCUT2D eigenvalue weighted by Gasteiger charge is 2.21. The summed E-state index contributed by atoms with van der Waals surface area (Å²) in [7, 11) is 0. The minimum atomic E-state index is -0.388.